The number of nitrogens with one attached hydrogen (secondary N) is 1. The summed E-state index contributed by atoms with van der Waals surface area (Å²) >= 11 is 1.89. The Morgan fingerprint density at radius 3 is 1.74 bits per heavy atom. The van der Waals surface area contributed by atoms with E-state index >= 15 is 0 Å². The highest BCUT2D eigenvalue weighted by molar-refractivity contribution is 7.27. The molecule has 2 heterocycles. The molecule has 0 saturated heterocycles. The third-order valence-electron chi connectivity index (χ3n) is 7.60. The van der Waals surface area contributed by atoms with Gasteiger partial charge in [0.05, 0.1) is 15.9 Å². The van der Waals surface area contributed by atoms with Crippen molar-refractivity contribution in [3.05, 3.63) is 140 Å². The molecule has 2 aromatic heterocycles. The minimum Gasteiger partial charge on any atom is -0.354 e. The van der Waals surface area contributed by atoms with E-state index in [1.54, 1.807) is 0 Å². The van der Waals surface area contributed by atoms with Crippen molar-refractivity contribution in [2.45, 2.75) is 0 Å². The molecule has 0 aliphatic heterocycles. The lowest BCUT2D eigenvalue weighted by atomic mass is 10.00. The predicted molar refractivity (Wildman–Crippen MR) is 169 cm³/mol. The fourth-order valence-electron chi connectivity index (χ4n) is 5.87. The monoisotopic (exact) mass is 516 g/mol. The van der Waals surface area contributed by atoms with Crippen LogP contribution in [-0.2, 0) is 0 Å². The summed E-state index contributed by atoms with van der Waals surface area (Å²) in [5, 5.41) is 5.11. The van der Waals surface area contributed by atoms with Gasteiger partial charge in [-0.15, -0.1) is 11.3 Å². The molecule has 0 amide bonds. The van der Waals surface area contributed by atoms with Gasteiger partial charge >= 0.3 is 0 Å². The van der Waals surface area contributed by atoms with Crippen LogP contribution >= 0.6 is 11.3 Å². The van der Waals surface area contributed by atoms with Crippen LogP contribution in [0.4, 0.5) is 17.1 Å². The summed E-state index contributed by atoms with van der Waals surface area (Å²) in [6.07, 6.45) is 0. The van der Waals surface area contributed by atoms with Gasteiger partial charge in [0.2, 0.25) is 0 Å². The Balaban J connectivity index is 1.40. The van der Waals surface area contributed by atoms with Gasteiger partial charge in [0.1, 0.15) is 0 Å². The van der Waals surface area contributed by atoms with Crippen molar-refractivity contribution in [3.63, 3.8) is 0 Å². The number of hydrogen-bond acceptors (Lipinski definition) is 2. The van der Waals surface area contributed by atoms with Gasteiger partial charge in [-0.25, -0.2) is 0 Å². The first kappa shape index (κ1) is 22.2. The van der Waals surface area contributed by atoms with Gasteiger partial charge in [-0.3, -0.25) is 0 Å². The molecule has 0 bridgehead atoms. The van der Waals surface area contributed by atoms with Crippen LogP contribution in [0.25, 0.3) is 53.1 Å². The third kappa shape index (κ3) is 3.48. The first-order chi connectivity index (χ1) is 19.4. The number of hydrogen-bond donors (Lipinski definition) is 1. The molecule has 8 rings (SSSR count). The van der Waals surface area contributed by atoms with E-state index in [0.717, 1.165) is 11.4 Å². The molecule has 0 fully saturated rings. The molecule has 2 nitrogen and oxygen atoms in total. The lowest BCUT2D eigenvalue weighted by Crippen LogP contribution is -2.09. The van der Waals surface area contributed by atoms with Crippen molar-refractivity contribution in [2.24, 2.45) is 0 Å². The number of para-hydroxylation sites is 4. The highest BCUT2D eigenvalue weighted by Crippen LogP contribution is 2.47. The van der Waals surface area contributed by atoms with E-state index in [0.29, 0.717) is 0 Å². The molecule has 0 atom stereocenters. The second-order valence-electron chi connectivity index (χ2n) is 9.84. The first-order valence-corrected chi connectivity index (χ1v) is 14.0. The van der Waals surface area contributed by atoms with Crippen molar-refractivity contribution in [2.75, 3.05) is 4.90 Å². The highest BCUT2D eigenvalue weighted by Gasteiger charge is 2.19. The average molecular weight is 517 g/mol. The van der Waals surface area contributed by atoms with Crippen LogP contribution in [0.3, 0.4) is 0 Å². The second kappa shape index (κ2) is 8.87. The van der Waals surface area contributed by atoms with Crippen molar-refractivity contribution in [1.29, 1.82) is 0 Å². The molecule has 0 radical (unpaired) electrons. The van der Waals surface area contributed by atoms with Crippen molar-refractivity contribution in [3.8, 4) is 11.1 Å². The number of nitrogens with zero attached hydrogens (tertiary/aromatic N) is 1. The van der Waals surface area contributed by atoms with E-state index in [2.05, 4.69) is 149 Å². The molecule has 1 N–H and O–H groups in total. The van der Waals surface area contributed by atoms with Gasteiger partial charge in [0.25, 0.3) is 0 Å². The van der Waals surface area contributed by atoms with Crippen molar-refractivity contribution < 1.29 is 0 Å². The maximum Gasteiger partial charge on any atom is 0.0640 e. The third-order valence-corrected chi connectivity index (χ3v) is 8.88. The molecular weight excluding hydrogens is 492 g/mol. The van der Waals surface area contributed by atoms with E-state index in [-0.39, 0.29) is 0 Å². The summed E-state index contributed by atoms with van der Waals surface area (Å²) < 4.78 is 2.60. The molecule has 184 valence electrons. The maximum absolute atomic E-state index is 3.71. The SMILES string of the molecule is c1ccc(N(c2ccccc2)c2cccc3c2sc2c(-c4cccc5c4[nH]c4ccccc45)cccc23)cc1. The summed E-state index contributed by atoms with van der Waals surface area (Å²) in [5.74, 6) is 0. The van der Waals surface area contributed by atoms with Crippen LogP contribution in [0.1, 0.15) is 0 Å². The first-order valence-electron chi connectivity index (χ1n) is 13.2. The van der Waals surface area contributed by atoms with Gasteiger partial charge in [-0.2, -0.15) is 0 Å². The second-order valence-corrected chi connectivity index (χ2v) is 10.9. The van der Waals surface area contributed by atoms with Gasteiger partial charge in [-0.05, 0) is 36.4 Å². The van der Waals surface area contributed by atoms with E-state index < -0.39 is 0 Å². The van der Waals surface area contributed by atoms with Crippen LogP contribution < -0.4 is 4.90 Å². The molecule has 0 aliphatic carbocycles. The largest absolute Gasteiger partial charge is 0.354 e. The minimum atomic E-state index is 1.15. The number of anilines is 3. The van der Waals surface area contributed by atoms with Crippen LogP contribution in [0.5, 0.6) is 0 Å². The summed E-state index contributed by atoms with van der Waals surface area (Å²) in [6.45, 7) is 0. The fourth-order valence-corrected chi connectivity index (χ4v) is 7.20. The number of fused-ring (bicyclic) bond motifs is 6. The number of benzene rings is 6. The zero-order valence-electron chi connectivity index (χ0n) is 21.1. The summed E-state index contributed by atoms with van der Waals surface area (Å²) in [7, 11) is 0. The molecule has 0 saturated carbocycles. The molecule has 0 aliphatic rings. The lowest BCUT2D eigenvalue weighted by Gasteiger charge is -2.25. The predicted octanol–water partition coefficient (Wildman–Crippen LogP) is 10.8. The molecule has 39 heavy (non-hydrogen) atoms. The summed E-state index contributed by atoms with van der Waals surface area (Å²) in [5.41, 5.74) is 8.37. The maximum atomic E-state index is 3.71. The van der Waals surface area contributed by atoms with Crippen LogP contribution in [0.15, 0.2) is 140 Å². The minimum absolute atomic E-state index is 1.15. The van der Waals surface area contributed by atoms with Gasteiger partial charge in [0, 0.05) is 54.3 Å². The van der Waals surface area contributed by atoms with Gasteiger partial charge < -0.3 is 9.88 Å². The van der Waals surface area contributed by atoms with E-state index in [1.165, 1.54) is 58.8 Å². The fraction of sp³-hybridized carbons (Fsp3) is 0. The average Bonchev–Trinajstić information content (AvgIpc) is 3.58. The number of aromatic amines is 1. The Morgan fingerprint density at radius 1 is 0.436 bits per heavy atom. The van der Waals surface area contributed by atoms with Gasteiger partial charge in [0.15, 0.2) is 0 Å². The summed E-state index contributed by atoms with van der Waals surface area (Å²) in [4.78, 5) is 6.08. The molecule has 8 aromatic rings. The Labute approximate surface area is 230 Å². The smallest absolute Gasteiger partial charge is 0.0640 e. The Hall–Kier alpha value is -4.86. The standard InChI is InChI=1S/C36H24N2S/c1-3-12-24(13-4-1)38(25-14-5-2-6-15-25)33-23-11-21-31-30-20-10-19-29(35(30)39-36(31)33)28-18-9-17-27-26-16-7-8-22-32(26)37-34(27)28/h1-23,37H. The van der Waals surface area contributed by atoms with Gasteiger partial charge in [-0.1, -0.05) is 103 Å². The zero-order chi connectivity index (χ0) is 25.8. The zero-order valence-corrected chi connectivity index (χ0v) is 22.0. The number of thiophene rings is 1. The van der Waals surface area contributed by atoms with Crippen LogP contribution in [0.2, 0.25) is 0 Å². The molecular formula is C36H24N2S. The highest BCUT2D eigenvalue weighted by atomic mass is 32.1. The molecule has 0 unspecified atom stereocenters. The Morgan fingerprint density at radius 2 is 1.00 bits per heavy atom. The van der Waals surface area contributed by atoms with Crippen LogP contribution in [-0.4, -0.2) is 4.98 Å². The Kier molecular flexibility index (Phi) is 5.04. The quantitative estimate of drug-likeness (QED) is 0.246. The molecule has 6 aromatic carbocycles. The van der Waals surface area contributed by atoms with Crippen molar-refractivity contribution >= 4 is 70.4 Å². The van der Waals surface area contributed by atoms with Crippen LogP contribution in [0, 0.1) is 0 Å². The number of rotatable bonds is 4. The van der Waals surface area contributed by atoms with E-state index in [1.807, 2.05) is 11.3 Å². The molecule has 0 spiro atoms. The molecule has 3 heteroatoms. The number of aromatic nitrogens is 1. The Bertz CT molecular complexity index is 2080. The summed E-state index contributed by atoms with van der Waals surface area (Å²) in [6, 6.07) is 49.9. The topological polar surface area (TPSA) is 19.0 Å². The van der Waals surface area contributed by atoms with E-state index in [4.69, 9.17) is 0 Å². The van der Waals surface area contributed by atoms with E-state index in [9.17, 15) is 0 Å². The lowest BCUT2D eigenvalue weighted by molar-refractivity contribution is 1.30. The normalized spacial score (nSPS) is 11.6. The number of H-pyrrole nitrogens is 1. The van der Waals surface area contributed by atoms with Crippen molar-refractivity contribution in [1.82, 2.24) is 4.98 Å².